The van der Waals surface area contributed by atoms with Gasteiger partial charge in [0.15, 0.2) is 0 Å². The molecule has 1 amide bonds. The van der Waals surface area contributed by atoms with Gasteiger partial charge in [0.1, 0.15) is 11.8 Å². The molecule has 1 fully saturated rings. The van der Waals surface area contributed by atoms with Crippen molar-refractivity contribution in [3.63, 3.8) is 0 Å². The maximum Gasteiger partial charge on any atom is 0.220 e. The number of ether oxygens (including phenoxy) is 1. The first-order valence-electron chi connectivity index (χ1n) is 6.78. The number of aliphatic hydroxyl groups is 1. The van der Waals surface area contributed by atoms with E-state index in [-0.39, 0.29) is 18.6 Å². The van der Waals surface area contributed by atoms with Gasteiger partial charge in [0.05, 0.1) is 25.1 Å². The predicted molar refractivity (Wildman–Crippen MR) is 69.5 cm³/mol. The molecule has 19 heavy (non-hydrogen) atoms. The quantitative estimate of drug-likeness (QED) is 0.824. The second kappa shape index (κ2) is 6.73. The van der Waals surface area contributed by atoms with E-state index < -0.39 is 6.04 Å². The molecule has 2 N–H and O–H groups in total. The third kappa shape index (κ3) is 4.08. The zero-order valence-corrected chi connectivity index (χ0v) is 11.2. The van der Waals surface area contributed by atoms with Crippen molar-refractivity contribution in [2.75, 3.05) is 6.61 Å². The highest BCUT2D eigenvalue weighted by Gasteiger charge is 2.23. The lowest BCUT2D eigenvalue weighted by Crippen LogP contribution is -2.31. The monoisotopic (exact) mass is 267 g/mol. The van der Waals surface area contributed by atoms with Crippen molar-refractivity contribution < 1.29 is 19.1 Å². The van der Waals surface area contributed by atoms with E-state index in [1.807, 2.05) is 0 Å². The third-order valence-electron chi connectivity index (χ3n) is 3.42. The Morgan fingerprint density at radius 3 is 3.00 bits per heavy atom. The van der Waals surface area contributed by atoms with Crippen LogP contribution in [0.5, 0.6) is 0 Å². The molecule has 0 bridgehead atoms. The number of hydrogen-bond donors (Lipinski definition) is 2. The fourth-order valence-corrected chi connectivity index (χ4v) is 2.35. The van der Waals surface area contributed by atoms with Crippen LogP contribution in [0.4, 0.5) is 0 Å². The van der Waals surface area contributed by atoms with Crippen LogP contribution in [0.2, 0.25) is 0 Å². The van der Waals surface area contributed by atoms with Gasteiger partial charge in [0, 0.05) is 6.42 Å². The Morgan fingerprint density at radius 2 is 2.42 bits per heavy atom. The molecule has 0 saturated carbocycles. The van der Waals surface area contributed by atoms with E-state index in [9.17, 15) is 9.90 Å². The minimum absolute atomic E-state index is 0.0846. The molecule has 3 atom stereocenters. The number of amides is 1. The maximum absolute atomic E-state index is 11.8. The Hall–Kier alpha value is -1.33. The van der Waals surface area contributed by atoms with Gasteiger partial charge in [-0.15, -0.1) is 0 Å². The summed E-state index contributed by atoms with van der Waals surface area (Å²) in [6.07, 6.45) is 5.26. The molecular formula is C14H21NO4. The van der Waals surface area contributed by atoms with E-state index in [0.29, 0.717) is 18.3 Å². The van der Waals surface area contributed by atoms with Crippen molar-refractivity contribution in [2.45, 2.75) is 50.9 Å². The van der Waals surface area contributed by atoms with Crippen LogP contribution in [0, 0.1) is 0 Å². The van der Waals surface area contributed by atoms with Gasteiger partial charge in [0.25, 0.3) is 0 Å². The molecule has 2 rings (SSSR count). The van der Waals surface area contributed by atoms with Gasteiger partial charge in [-0.25, -0.2) is 0 Å². The van der Waals surface area contributed by atoms with Crippen molar-refractivity contribution in [1.29, 1.82) is 0 Å². The van der Waals surface area contributed by atoms with Crippen LogP contribution < -0.4 is 5.32 Å². The van der Waals surface area contributed by atoms with Crippen molar-refractivity contribution in [3.8, 4) is 0 Å². The van der Waals surface area contributed by atoms with E-state index in [2.05, 4.69) is 12.2 Å². The molecule has 106 valence electrons. The molecule has 1 aromatic heterocycles. The lowest BCUT2D eigenvalue weighted by Gasteiger charge is -2.15. The highest BCUT2D eigenvalue weighted by Crippen LogP contribution is 2.22. The maximum atomic E-state index is 11.8. The van der Waals surface area contributed by atoms with Gasteiger partial charge in [-0.1, -0.05) is 0 Å². The number of rotatable bonds is 6. The van der Waals surface area contributed by atoms with Crippen LogP contribution in [0.15, 0.2) is 22.8 Å². The zero-order chi connectivity index (χ0) is 13.7. The van der Waals surface area contributed by atoms with Gasteiger partial charge in [-0.2, -0.15) is 0 Å². The fourth-order valence-electron chi connectivity index (χ4n) is 2.35. The summed E-state index contributed by atoms with van der Waals surface area (Å²) >= 11 is 0. The average molecular weight is 267 g/mol. The number of hydrogen-bond acceptors (Lipinski definition) is 4. The Balaban J connectivity index is 1.74. The van der Waals surface area contributed by atoms with Crippen LogP contribution in [-0.4, -0.2) is 29.8 Å². The van der Waals surface area contributed by atoms with Crippen LogP contribution in [0.1, 0.15) is 44.4 Å². The second-order valence-corrected chi connectivity index (χ2v) is 5.00. The highest BCUT2D eigenvalue weighted by molar-refractivity contribution is 5.76. The summed E-state index contributed by atoms with van der Waals surface area (Å²) < 4.78 is 10.8. The van der Waals surface area contributed by atoms with Crippen molar-refractivity contribution in [1.82, 2.24) is 5.32 Å². The largest absolute Gasteiger partial charge is 0.467 e. The molecule has 5 nitrogen and oxygen atoms in total. The lowest BCUT2D eigenvalue weighted by atomic mass is 10.1. The standard InChI is InChI=1S/C14H21NO4/c1-10-4-5-11(19-10)6-7-14(17)15-12(9-16)13-3-2-8-18-13/h2-3,8,10-12,16H,4-7,9H2,1H3,(H,15,17). The normalized spacial score (nSPS) is 24.3. The molecule has 0 aliphatic carbocycles. The van der Waals surface area contributed by atoms with Gasteiger partial charge in [-0.05, 0) is 38.3 Å². The molecule has 0 radical (unpaired) electrons. The molecule has 0 spiro atoms. The SMILES string of the molecule is CC1CCC(CCC(=O)NC(CO)c2ccco2)O1. The molecule has 1 aliphatic rings. The smallest absolute Gasteiger partial charge is 0.220 e. The van der Waals surface area contributed by atoms with Crippen LogP contribution in [-0.2, 0) is 9.53 Å². The van der Waals surface area contributed by atoms with E-state index in [4.69, 9.17) is 9.15 Å². The third-order valence-corrected chi connectivity index (χ3v) is 3.42. The van der Waals surface area contributed by atoms with Crippen LogP contribution >= 0.6 is 0 Å². The van der Waals surface area contributed by atoms with E-state index in [1.165, 1.54) is 6.26 Å². The number of carbonyl (C=O) groups excluding carboxylic acids is 1. The molecule has 1 aliphatic heterocycles. The lowest BCUT2D eigenvalue weighted by molar-refractivity contribution is -0.123. The van der Waals surface area contributed by atoms with Gasteiger partial charge >= 0.3 is 0 Å². The summed E-state index contributed by atoms with van der Waals surface area (Å²) in [4.78, 5) is 11.8. The molecule has 2 heterocycles. The predicted octanol–water partition coefficient (Wildman–Crippen LogP) is 1.78. The summed E-state index contributed by atoms with van der Waals surface area (Å²) in [7, 11) is 0. The minimum atomic E-state index is -0.467. The van der Waals surface area contributed by atoms with Gasteiger partial charge in [-0.3, -0.25) is 4.79 Å². The van der Waals surface area contributed by atoms with Crippen molar-refractivity contribution >= 4 is 5.91 Å². The van der Waals surface area contributed by atoms with Crippen molar-refractivity contribution in [3.05, 3.63) is 24.2 Å². The molecule has 3 unspecified atom stereocenters. The summed E-state index contributed by atoms with van der Waals surface area (Å²) in [6.45, 7) is 1.88. The fraction of sp³-hybridized carbons (Fsp3) is 0.643. The Morgan fingerprint density at radius 1 is 1.58 bits per heavy atom. The summed E-state index contributed by atoms with van der Waals surface area (Å²) in [5.74, 6) is 0.486. The van der Waals surface area contributed by atoms with E-state index >= 15 is 0 Å². The summed E-state index contributed by atoms with van der Waals surface area (Å²) in [5.41, 5.74) is 0. The molecule has 0 aromatic carbocycles. The van der Waals surface area contributed by atoms with Gasteiger partial charge < -0.3 is 19.6 Å². The van der Waals surface area contributed by atoms with E-state index in [1.54, 1.807) is 12.1 Å². The Kier molecular flexibility index (Phi) is 4.99. The molecule has 1 aromatic rings. The van der Waals surface area contributed by atoms with Gasteiger partial charge in [0.2, 0.25) is 5.91 Å². The number of nitrogens with one attached hydrogen (secondary N) is 1. The molecule has 1 saturated heterocycles. The first-order chi connectivity index (χ1) is 9.19. The minimum Gasteiger partial charge on any atom is -0.467 e. The Bertz CT molecular complexity index is 390. The average Bonchev–Trinajstić information content (AvgIpc) is 3.05. The van der Waals surface area contributed by atoms with Crippen molar-refractivity contribution in [2.24, 2.45) is 0 Å². The highest BCUT2D eigenvalue weighted by atomic mass is 16.5. The molecular weight excluding hydrogens is 246 g/mol. The first-order valence-corrected chi connectivity index (χ1v) is 6.78. The summed E-state index contributed by atoms with van der Waals surface area (Å²) in [6, 6.07) is 3.01. The first kappa shape index (κ1) is 14.1. The number of carbonyl (C=O) groups is 1. The summed E-state index contributed by atoms with van der Waals surface area (Å²) in [5, 5.41) is 12.0. The number of furan rings is 1. The van der Waals surface area contributed by atoms with Crippen LogP contribution in [0.3, 0.4) is 0 Å². The molecule has 5 heteroatoms. The van der Waals surface area contributed by atoms with Crippen LogP contribution in [0.25, 0.3) is 0 Å². The van der Waals surface area contributed by atoms with E-state index in [0.717, 1.165) is 19.3 Å². The zero-order valence-electron chi connectivity index (χ0n) is 11.2. The number of aliphatic hydroxyl groups excluding tert-OH is 1. The second-order valence-electron chi connectivity index (χ2n) is 5.00. The topological polar surface area (TPSA) is 71.7 Å². The Labute approximate surface area is 112 Å².